The third-order valence-corrected chi connectivity index (χ3v) is 6.55. The number of anilines is 1. The van der Waals surface area contributed by atoms with E-state index in [1.165, 1.54) is 12.1 Å². The van der Waals surface area contributed by atoms with Gasteiger partial charge in [-0.15, -0.1) is 0 Å². The highest BCUT2D eigenvalue weighted by Gasteiger charge is 2.33. The Morgan fingerprint density at radius 1 is 1.23 bits per heavy atom. The summed E-state index contributed by atoms with van der Waals surface area (Å²) in [7, 11) is 1.58. The number of hydrogen-bond donors (Lipinski definition) is 1. The number of hydrazine groups is 1. The zero-order valence-electron chi connectivity index (χ0n) is 21.5. The largest absolute Gasteiger partial charge is 0.416 e. The zero-order valence-corrected chi connectivity index (χ0v) is 21.5. The van der Waals surface area contributed by atoms with Gasteiger partial charge in [0.2, 0.25) is 11.9 Å². The zero-order chi connectivity index (χ0) is 28.2. The number of amides is 2. The number of carbonyl (C=O) groups excluding carboxylic acids is 2. The van der Waals surface area contributed by atoms with E-state index in [1.54, 1.807) is 22.6 Å². The number of rotatable bonds is 9. The summed E-state index contributed by atoms with van der Waals surface area (Å²) < 4.78 is 52.2. The van der Waals surface area contributed by atoms with Crippen molar-refractivity contribution in [2.45, 2.75) is 31.7 Å². The van der Waals surface area contributed by atoms with Gasteiger partial charge >= 0.3 is 6.18 Å². The fraction of sp³-hybridized carbons (Fsp3) is 0.370. The molecule has 12 heteroatoms. The van der Waals surface area contributed by atoms with E-state index in [-0.39, 0.29) is 23.5 Å². The smallest absolute Gasteiger partial charge is 0.382 e. The number of halogens is 3. The molecule has 0 bridgehead atoms. The number of ether oxygens (including phenoxy) is 2. The summed E-state index contributed by atoms with van der Waals surface area (Å²) in [6, 6.07) is 9.28. The van der Waals surface area contributed by atoms with E-state index in [2.05, 4.69) is 11.6 Å². The first kappa shape index (κ1) is 28.3. The van der Waals surface area contributed by atoms with E-state index in [0.29, 0.717) is 56.8 Å². The quantitative estimate of drug-likeness (QED) is 0.143. The molecule has 1 saturated heterocycles. The summed E-state index contributed by atoms with van der Waals surface area (Å²) in [4.78, 5) is 31.9. The molecule has 208 valence electrons. The molecule has 0 saturated carbocycles. The molecule has 2 aromatic carbocycles. The number of imidazole rings is 1. The van der Waals surface area contributed by atoms with Crippen LogP contribution in [0.5, 0.6) is 0 Å². The highest BCUT2D eigenvalue weighted by molar-refractivity contribution is 6.05. The summed E-state index contributed by atoms with van der Waals surface area (Å²) in [6.07, 6.45) is -2.00. The number of alkyl halides is 3. The van der Waals surface area contributed by atoms with Crippen molar-refractivity contribution < 1.29 is 32.2 Å². The molecule has 1 atom stereocenters. The van der Waals surface area contributed by atoms with Crippen LogP contribution >= 0.6 is 0 Å². The number of carbonyl (C=O) groups is 2. The Hall–Kier alpha value is -3.74. The van der Waals surface area contributed by atoms with Crippen molar-refractivity contribution in [3.05, 3.63) is 71.8 Å². The van der Waals surface area contributed by atoms with Crippen LogP contribution in [0.15, 0.2) is 55.1 Å². The van der Waals surface area contributed by atoms with Crippen molar-refractivity contribution in [2.24, 2.45) is 5.84 Å². The molecule has 3 aromatic rings. The van der Waals surface area contributed by atoms with Gasteiger partial charge in [-0.3, -0.25) is 9.59 Å². The Morgan fingerprint density at radius 3 is 2.74 bits per heavy atom. The van der Waals surface area contributed by atoms with Crippen molar-refractivity contribution in [2.75, 3.05) is 38.4 Å². The summed E-state index contributed by atoms with van der Waals surface area (Å²) in [5.74, 6) is 5.25. The fourth-order valence-corrected chi connectivity index (χ4v) is 4.64. The summed E-state index contributed by atoms with van der Waals surface area (Å²) >= 11 is 0. The third-order valence-electron chi connectivity index (χ3n) is 6.55. The van der Waals surface area contributed by atoms with E-state index in [4.69, 9.17) is 15.3 Å². The monoisotopic (exact) mass is 545 g/mol. The van der Waals surface area contributed by atoms with Gasteiger partial charge in [0.15, 0.2) is 0 Å². The number of likely N-dealkylation sites (tertiary alicyclic amines) is 1. The maximum absolute atomic E-state index is 13.3. The number of hydrogen-bond acceptors (Lipinski definition) is 6. The Morgan fingerprint density at radius 2 is 2.03 bits per heavy atom. The predicted octanol–water partition coefficient (Wildman–Crippen LogP) is 4.09. The van der Waals surface area contributed by atoms with Crippen molar-refractivity contribution in [1.82, 2.24) is 14.5 Å². The van der Waals surface area contributed by atoms with Crippen molar-refractivity contribution >= 4 is 28.8 Å². The molecule has 1 aliphatic rings. The van der Waals surface area contributed by atoms with E-state index >= 15 is 0 Å². The lowest BCUT2D eigenvalue weighted by Gasteiger charge is -2.34. The van der Waals surface area contributed by atoms with E-state index in [1.807, 2.05) is 12.1 Å². The number of nitrogens with zero attached hydrogens (tertiary/aromatic N) is 4. The number of nitrogens with two attached hydrogens (primary N) is 1. The molecule has 2 heterocycles. The van der Waals surface area contributed by atoms with Crippen molar-refractivity contribution in [3.63, 3.8) is 0 Å². The normalized spacial score (nSPS) is 15.9. The molecule has 39 heavy (non-hydrogen) atoms. The molecule has 1 aromatic heterocycles. The Labute approximate surface area is 223 Å². The molecule has 0 radical (unpaired) electrons. The first-order chi connectivity index (χ1) is 18.6. The predicted molar refractivity (Wildman–Crippen MR) is 139 cm³/mol. The standard InChI is InChI=1S/C27H30F3N5O4/c1-3-24(36)33-11-5-8-21(16-33)34-23-10-9-18(17-39-13-12-38-2)14-22(23)32-26(34)35(31)25(37)19-6-4-7-20(15-19)27(28,29)30/h3-4,6-7,9-10,14-15,21H,1,5,8,11-13,16-17,31H2,2H3/t21-/m1/s1. The molecule has 1 fully saturated rings. The van der Waals surface area contributed by atoms with Gasteiger partial charge in [0, 0.05) is 25.8 Å². The van der Waals surface area contributed by atoms with Crippen LogP contribution in [0.2, 0.25) is 0 Å². The summed E-state index contributed by atoms with van der Waals surface area (Å²) in [5.41, 5.74) is 0.826. The Balaban J connectivity index is 1.73. The number of aromatic nitrogens is 2. The second kappa shape index (κ2) is 12.0. The fourth-order valence-electron chi connectivity index (χ4n) is 4.64. The molecule has 2 amide bonds. The minimum absolute atomic E-state index is 0.0581. The average molecular weight is 546 g/mol. The van der Waals surface area contributed by atoms with Crippen molar-refractivity contribution in [1.29, 1.82) is 0 Å². The van der Waals surface area contributed by atoms with Crippen LogP contribution in [0.1, 0.15) is 40.4 Å². The van der Waals surface area contributed by atoms with Gasteiger partial charge in [-0.05, 0) is 54.8 Å². The number of fused-ring (bicyclic) bond motifs is 1. The molecule has 2 N–H and O–H groups in total. The maximum Gasteiger partial charge on any atom is 0.416 e. The highest BCUT2D eigenvalue weighted by Crippen LogP contribution is 2.33. The number of methoxy groups -OCH3 is 1. The van der Waals surface area contributed by atoms with Gasteiger partial charge in [-0.1, -0.05) is 18.7 Å². The first-order valence-electron chi connectivity index (χ1n) is 12.4. The first-order valence-corrected chi connectivity index (χ1v) is 12.4. The molecule has 1 aliphatic heterocycles. The second-order valence-electron chi connectivity index (χ2n) is 9.19. The lowest BCUT2D eigenvalue weighted by Crippen LogP contribution is -2.43. The Bertz CT molecular complexity index is 1360. The van der Waals surface area contributed by atoms with E-state index in [0.717, 1.165) is 28.8 Å². The van der Waals surface area contributed by atoms with Gasteiger partial charge in [-0.25, -0.2) is 15.8 Å². The average Bonchev–Trinajstić information content (AvgIpc) is 3.32. The maximum atomic E-state index is 13.3. The van der Waals surface area contributed by atoms with Gasteiger partial charge in [-0.2, -0.15) is 13.2 Å². The molecular weight excluding hydrogens is 515 g/mol. The van der Waals surface area contributed by atoms with Gasteiger partial charge in [0.1, 0.15) is 0 Å². The lowest BCUT2D eigenvalue weighted by molar-refractivity contribution is -0.137. The number of benzene rings is 2. The van der Waals surface area contributed by atoms with Crippen molar-refractivity contribution in [3.8, 4) is 0 Å². The number of piperidine rings is 1. The Kier molecular flexibility index (Phi) is 8.68. The van der Waals surface area contributed by atoms with Crippen LogP contribution < -0.4 is 10.9 Å². The van der Waals surface area contributed by atoms with Crippen LogP contribution in [0, 0.1) is 0 Å². The van der Waals surface area contributed by atoms with Gasteiger partial charge < -0.3 is 18.9 Å². The minimum Gasteiger partial charge on any atom is -0.382 e. The summed E-state index contributed by atoms with van der Waals surface area (Å²) in [6.45, 7) is 5.61. The SMILES string of the molecule is C=CC(=O)N1CCC[C@@H](n2c(N(N)C(=O)c3cccc(C(F)(F)F)c3)nc3cc(COCCOC)ccc32)C1. The minimum atomic E-state index is -4.62. The highest BCUT2D eigenvalue weighted by atomic mass is 19.4. The van der Waals surface area contributed by atoms with Gasteiger partial charge in [0.05, 0.1) is 42.5 Å². The topological polar surface area (TPSA) is 103 Å². The molecule has 9 nitrogen and oxygen atoms in total. The van der Waals surface area contributed by atoms with Crippen LogP contribution in [0.3, 0.4) is 0 Å². The van der Waals surface area contributed by atoms with Crippen LogP contribution in [0.25, 0.3) is 11.0 Å². The molecule has 4 rings (SSSR count). The van der Waals surface area contributed by atoms with Crippen LogP contribution in [-0.4, -0.2) is 59.7 Å². The summed E-state index contributed by atoms with van der Waals surface area (Å²) in [5, 5.41) is 0.762. The molecule has 0 spiro atoms. The molecular formula is C27H30F3N5O4. The van der Waals surface area contributed by atoms with Gasteiger partial charge in [0.25, 0.3) is 5.91 Å². The lowest BCUT2D eigenvalue weighted by atomic mass is 10.0. The van der Waals surface area contributed by atoms with E-state index < -0.39 is 17.6 Å². The third kappa shape index (κ3) is 6.29. The molecule has 0 unspecified atom stereocenters. The van der Waals surface area contributed by atoms with Crippen LogP contribution in [0.4, 0.5) is 19.1 Å². The van der Waals surface area contributed by atoms with Crippen LogP contribution in [-0.2, 0) is 27.1 Å². The second-order valence-corrected chi connectivity index (χ2v) is 9.19. The van der Waals surface area contributed by atoms with E-state index in [9.17, 15) is 22.8 Å². The molecule has 0 aliphatic carbocycles.